The summed E-state index contributed by atoms with van der Waals surface area (Å²) in [5.41, 5.74) is 1.81. The van der Waals surface area contributed by atoms with Gasteiger partial charge in [-0.05, 0) is 24.9 Å². The monoisotopic (exact) mass is 299 g/mol. The van der Waals surface area contributed by atoms with Crippen molar-refractivity contribution in [1.82, 2.24) is 14.7 Å². The largest absolute Gasteiger partial charge is 0.457 e. The third-order valence-electron chi connectivity index (χ3n) is 3.93. The molecule has 1 aliphatic rings. The minimum absolute atomic E-state index is 0.0369. The fraction of sp³-hybridized carbons (Fsp3) is 0.412. The van der Waals surface area contributed by atoms with Crippen molar-refractivity contribution in [2.24, 2.45) is 7.05 Å². The lowest BCUT2D eigenvalue weighted by atomic mass is 10.1. The van der Waals surface area contributed by atoms with Gasteiger partial charge in [-0.1, -0.05) is 30.3 Å². The Hall–Kier alpha value is -2.14. The molecule has 22 heavy (non-hydrogen) atoms. The van der Waals surface area contributed by atoms with Crippen molar-refractivity contribution in [1.29, 1.82) is 0 Å². The number of aryl methyl sites for hydroxylation is 1. The SMILES string of the molecule is Cn1cc(C(=O)O[C@H]2CCCN(Cc3ccccc3)C2)cn1. The molecular formula is C17H21N3O2. The molecule has 0 bridgehead atoms. The second-order valence-corrected chi connectivity index (χ2v) is 5.79. The van der Waals surface area contributed by atoms with Gasteiger partial charge >= 0.3 is 5.97 Å². The van der Waals surface area contributed by atoms with E-state index in [2.05, 4.69) is 34.3 Å². The second-order valence-electron chi connectivity index (χ2n) is 5.79. The highest BCUT2D eigenvalue weighted by Gasteiger charge is 2.24. The van der Waals surface area contributed by atoms with Gasteiger partial charge in [-0.2, -0.15) is 5.10 Å². The lowest BCUT2D eigenvalue weighted by Gasteiger charge is -2.32. The summed E-state index contributed by atoms with van der Waals surface area (Å²) in [6.45, 7) is 2.75. The Bertz CT molecular complexity index is 624. The van der Waals surface area contributed by atoms with E-state index in [4.69, 9.17) is 4.74 Å². The molecule has 116 valence electrons. The maximum atomic E-state index is 12.1. The number of piperidine rings is 1. The van der Waals surface area contributed by atoms with Gasteiger partial charge in [-0.3, -0.25) is 9.58 Å². The van der Waals surface area contributed by atoms with E-state index in [0.29, 0.717) is 5.56 Å². The molecule has 0 saturated carbocycles. The number of benzene rings is 1. The third kappa shape index (κ3) is 3.74. The zero-order valence-corrected chi connectivity index (χ0v) is 12.8. The first-order valence-electron chi connectivity index (χ1n) is 7.66. The zero-order chi connectivity index (χ0) is 15.4. The predicted molar refractivity (Wildman–Crippen MR) is 83.4 cm³/mol. The summed E-state index contributed by atoms with van der Waals surface area (Å²) in [5, 5.41) is 4.01. The summed E-state index contributed by atoms with van der Waals surface area (Å²) >= 11 is 0. The van der Waals surface area contributed by atoms with Crippen molar-refractivity contribution in [2.75, 3.05) is 13.1 Å². The van der Waals surface area contributed by atoms with E-state index >= 15 is 0 Å². The van der Waals surface area contributed by atoms with Gasteiger partial charge in [-0.25, -0.2) is 4.79 Å². The number of likely N-dealkylation sites (tertiary alicyclic amines) is 1. The molecule has 0 aliphatic carbocycles. The number of nitrogens with zero attached hydrogens (tertiary/aromatic N) is 3. The van der Waals surface area contributed by atoms with E-state index in [0.717, 1.165) is 32.5 Å². The van der Waals surface area contributed by atoms with Gasteiger partial charge in [0, 0.05) is 26.3 Å². The summed E-state index contributed by atoms with van der Waals surface area (Å²) in [6.07, 6.45) is 5.18. The van der Waals surface area contributed by atoms with Gasteiger partial charge in [0.05, 0.1) is 11.8 Å². The molecule has 0 spiro atoms. The van der Waals surface area contributed by atoms with Gasteiger partial charge in [0.15, 0.2) is 0 Å². The molecule has 3 rings (SSSR count). The molecule has 1 fully saturated rings. The Balaban J connectivity index is 1.55. The first kappa shape index (κ1) is 14.8. The van der Waals surface area contributed by atoms with Crippen LogP contribution >= 0.6 is 0 Å². The molecule has 2 heterocycles. The lowest BCUT2D eigenvalue weighted by Crippen LogP contribution is -2.40. The number of hydrogen-bond acceptors (Lipinski definition) is 4. The van der Waals surface area contributed by atoms with Crippen molar-refractivity contribution >= 4 is 5.97 Å². The van der Waals surface area contributed by atoms with Gasteiger partial charge in [0.25, 0.3) is 0 Å². The van der Waals surface area contributed by atoms with Crippen LogP contribution in [0.25, 0.3) is 0 Å². The number of hydrogen-bond donors (Lipinski definition) is 0. The van der Waals surface area contributed by atoms with Gasteiger partial charge in [0.1, 0.15) is 6.10 Å². The van der Waals surface area contributed by atoms with E-state index in [1.807, 2.05) is 6.07 Å². The highest BCUT2D eigenvalue weighted by Crippen LogP contribution is 2.17. The molecule has 1 aromatic heterocycles. The van der Waals surface area contributed by atoms with Gasteiger partial charge in [-0.15, -0.1) is 0 Å². The molecule has 1 atom stereocenters. The van der Waals surface area contributed by atoms with Gasteiger partial charge in [0.2, 0.25) is 0 Å². The molecule has 2 aromatic rings. The summed E-state index contributed by atoms with van der Waals surface area (Å²) in [5.74, 6) is -0.278. The van der Waals surface area contributed by atoms with E-state index in [1.165, 1.54) is 5.56 Å². The smallest absolute Gasteiger partial charge is 0.341 e. The Morgan fingerprint density at radius 3 is 2.91 bits per heavy atom. The van der Waals surface area contributed by atoms with E-state index in [9.17, 15) is 4.79 Å². The Kier molecular flexibility index (Phi) is 4.53. The van der Waals surface area contributed by atoms with Crippen LogP contribution in [0.5, 0.6) is 0 Å². The molecule has 0 amide bonds. The highest BCUT2D eigenvalue weighted by molar-refractivity contribution is 5.88. The minimum Gasteiger partial charge on any atom is -0.457 e. The minimum atomic E-state index is -0.278. The predicted octanol–water partition coefficient (Wildman–Crippen LogP) is 2.24. The number of esters is 1. The highest BCUT2D eigenvalue weighted by atomic mass is 16.5. The number of carbonyl (C=O) groups is 1. The maximum Gasteiger partial charge on any atom is 0.341 e. The average Bonchev–Trinajstić information content (AvgIpc) is 2.95. The van der Waals surface area contributed by atoms with Gasteiger partial charge < -0.3 is 4.74 Å². The fourth-order valence-electron chi connectivity index (χ4n) is 2.84. The van der Waals surface area contributed by atoms with Crippen LogP contribution in [0.2, 0.25) is 0 Å². The van der Waals surface area contributed by atoms with E-state index in [1.54, 1.807) is 24.1 Å². The molecular weight excluding hydrogens is 278 g/mol. The van der Waals surface area contributed by atoms with E-state index in [-0.39, 0.29) is 12.1 Å². The third-order valence-corrected chi connectivity index (χ3v) is 3.93. The van der Waals surface area contributed by atoms with Crippen LogP contribution in [0, 0.1) is 0 Å². The normalized spacial score (nSPS) is 19.0. The van der Waals surface area contributed by atoms with Crippen LogP contribution in [-0.2, 0) is 18.3 Å². The molecule has 0 radical (unpaired) electrons. The summed E-state index contributed by atoms with van der Waals surface area (Å²) in [7, 11) is 1.79. The average molecular weight is 299 g/mol. The topological polar surface area (TPSA) is 47.4 Å². The Labute approximate surface area is 130 Å². The number of carbonyl (C=O) groups excluding carboxylic acids is 1. The van der Waals surface area contributed by atoms with Crippen molar-refractivity contribution in [2.45, 2.75) is 25.5 Å². The van der Waals surface area contributed by atoms with Crippen LogP contribution < -0.4 is 0 Å². The lowest BCUT2D eigenvalue weighted by molar-refractivity contribution is 0.00560. The van der Waals surface area contributed by atoms with Crippen LogP contribution in [-0.4, -0.2) is 39.8 Å². The number of ether oxygens (including phenoxy) is 1. The molecule has 5 heteroatoms. The first-order chi connectivity index (χ1) is 10.7. The Morgan fingerprint density at radius 1 is 1.36 bits per heavy atom. The molecule has 5 nitrogen and oxygen atoms in total. The van der Waals surface area contributed by atoms with Crippen molar-refractivity contribution in [3.63, 3.8) is 0 Å². The van der Waals surface area contributed by atoms with Crippen molar-refractivity contribution in [3.8, 4) is 0 Å². The molecule has 0 unspecified atom stereocenters. The molecule has 0 N–H and O–H groups in total. The molecule has 1 aliphatic heterocycles. The summed E-state index contributed by atoms with van der Waals surface area (Å²) < 4.78 is 7.24. The first-order valence-corrected chi connectivity index (χ1v) is 7.66. The van der Waals surface area contributed by atoms with Crippen molar-refractivity contribution < 1.29 is 9.53 Å². The molecule has 1 aromatic carbocycles. The summed E-state index contributed by atoms with van der Waals surface area (Å²) in [6, 6.07) is 10.4. The molecule has 1 saturated heterocycles. The van der Waals surface area contributed by atoms with Crippen LogP contribution in [0.15, 0.2) is 42.7 Å². The second kappa shape index (κ2) is 6.75. The van der Waals surface area contributed by atoms with Crippen LogP contribution in [0.1, 0.15) is 28.8 Å². The van der Waals surface area contributed by atoms with Crippen LogP contribution in [0.3, 0.4) is 0 Å². The maximum absolute atomic E-state index is 12.1. The standard InChI is InChI=1S/C17H21N3O2/c1-19-12-15(10-18-19)17(21)22-16-8-5-9-20(13-16)11-14-6-3-2-4-7-14/h2-4,6-7,10,12,16H,5,8-9,11,13H2,1H3/t16-/m0/s1. The van der Waals surface area contributed by atoms with Crippen LogP contribution in [0.4, 0.5) is 0 Å². The number of rotatable bonds is 4. The van der Waals surface area contributed by atoms with E-state index < -0.39 is 0 Å². The quantitative estimate of drug-likeness (QED) is 0.812. The Morgan fingerprint density at radius 2 is 2.18 bits per heavy atom. The zero-order valence-electron chi connectivity index (χ0n) is 12.8. The fourth-order valence-corrected chi connectivity index (χ4v) is 2.84. The van der Waals surface area contributed by atoms with Crippen molar-refractivity contribution in [3.05, 3.63) is 53.9 Å². The summed E-state index contributed by atoms with van der Waals surface area (Å²) in [4.78, 5) is 14.4. The number of aromatic nitrogens is 2.